The summed E-state index contributed by atoms with van der Waals surface area (Å²) in [7, 11) is -3.49. The molecule has 244 valence electrons. The molecule has 0 spiro atoms. The van der Waals surface area contributed by atoms with E-state index in [1.165, 1.54) is 0 Å². The summed E-state index contributed by atoms with van der Waals surface area (Å²) in [5.74, 6) is -0.584. The van der Waals surface area contributed by atoms with Crippen molar-refractivity contribution >= 4 is 16.6 Å². The van der Waals surface area contributed by atoms with Crippen LogP contribution in [0.5, 0.6) is 0 Å². The van der Waals surface area contributed by atoms with Crippen molar-refractivity contribution in [1.29, 1.82) is 0 Å². The molecule has 1 aliphatic rings. The predicted octanol–water partition coefficient (Wildman–Crippen LogP) is 11.3. The molecule has 1 heterocycles. The molecule has 1 aliphatic heterocycles. The summed E-state index contributed by atoms with van der Waals surface area (Å²) < 4.78 is 25.5. The van der Waals surface area contributed by atoms with Crippen molar-refractivity contribution in [3.8, 4) is 0 Å². The zero-order valence-corrected chi connectivity index (χ0v) is 32.0. The van der Waals surface area contributed by atoms with Gasteiger partial charge in [0.1, 0.15) is 0 Å². The van der Waals surface area contributed by atoms with Crippen LogP contribution in [0.25, 0.3) is 0 Å². The lowest BCUT2D eigenvalue weighted by Crippen LogP contribution is -2.49. The van der Waals surface area contributed by atoms with E-state index in [9.17, 15) is 0 Å². The molecule has 0 aromatic heterocycles. The Morgan fingerprint density at radius 3 is 1.98 bits per heavy atom. The molecule has 42 heavy (non-hydrogen) atoms. The van der Waals surface area contributed by atoms with Gasteiger partial charge in [-0.3, -0.25) is 0 Å². The van der Waals surface area contributed by atoms with Crippen molar-refractivity contribution in [1.82, 2.24) is 0 Å². The van der Waals surface area contributed by atoms with E-state index in [1.807, 2.05) is 13.8 Å². The van der Waals surface area contributed by atoms with E-state index in [2.05, 4.69) is 131 Å². The molecule has 4 nitrogen and oxygen atoms in total. The van der Waals surface area contributed by atoms with Crippen LogP contribution in [-0.2, 0) is 18.3 Å². The SMILES string of the molecule is CC(C)[Si](O[C@H](C)CCC/C=C/C=C/[C@H]1C[C@H](C/C=C\C=C\CO[Si](C)(C)C(C)(C)C)OC(C)(C)O1)(C(C)C)C(C)C. The normalized spacial score (nSPS) is 21.8. The van der Waals surface area contributed by atoms with Crippen LogP contribution in [0.15, 0.2) is 48.6 Å². The van der Waals surface area contributed by atoms with E-state index in [-0.39, 0.29) is 17.2 Å². The smallest absolute Gasteiger partial charge is 0.200 e. The summed E-state index contributed by atoms with van der Waals surface area (Å²) in [6, 6.07) is 0. The third-order valence-electron chi connectivity index (χ3n) is 9.18. The quantitative estimate of drug-likeness (QED) is 0.0921. The molecule has 0 N–H and O–H groups in total. The Morgan fingerprint density at radius 1 is 0.833 bits per heavy atom. The first-order valence-electron chi connectivity index (χ1n) is 16.7. The molecule has 3 atom stereocenters. The van der Waals surface area contributed by atoms with E-state index < -0.39 is 22.4 Å². The van der Waals surface area contributed by atoms with Crippen LogP contribution in [0.1, 0.15) is 115 Å². The van der Waals surface area contributed by atoms with Gasteiger partial charge in [0.25, 0.3) is 0 Å². The molecule has 0 unspecified atom stereocenters. The summed E-state index contributed by atoms with van der Waals surface area (Å²) in [6.45, 7) is 32.5. The summed E-state index contributed by atoms with van der Waals surface area (Å²) in [5.41, 5.74) is 1.90. The third-order valence-corrected chi connectivity index (χ3v) is 19.9. The lowest BCUT2D eigenvalue weighted by Gasteiger charge is -2.44. The van der Waals surface area contributed by atoms with Gasteiger partial charge in [-0.05, 0) is 81.2 Å². The molecule has 0 aromatic rings. The molecule has 0 amide bonds. The second-order valence-electron chi connectivity index (χ2n) is 15.2. The Hall–Kier alpha value is -0.766. The molecule has 0 bridgehead atoms. The summed E-state index contributed by atoms with van der Waals surface area (Å²) >= 11 is 0. The lowest BCUT2D eigenvalue weighted by atomic mass is 10.0. The van der Waals surface area contributed by atoms with Crippen molar-refractivity contribution in [2.24, 2.45) is 0 Å². The molecule has 0 radical (unpaired) electrons. The average molecular weight is 621 g/mol. The molecule has 0 saturated carbocycles. The second kappa shape index (κ2) is 17.7. The van der Waals surface area contributed by atoms with Crippen molar-refractivity contribution in [3.63, 3.8) is 0 Å². The molecule has 1 saturated heterocycles. The van der Waals surface area contributed by atoms with Crippen LogP contribution in [0.3, 0.4) is 0 Å². The van der Waals surface area contributed by atoms with E-state index in [0.717, 1.165) is 32.1 Å². The van der Waals surface area contributed by atoms with Gasteiger partial charge >= 0.3 is 0 Å². The molecular weight excluding hydrogens is 553 g/mol. The van der Waals surface area contributed by atoms with E-state index in [4.69, 9.17) is 18.3 Å². The number of rotatable bonds is 17. The monoisotopic (exact) mass is 620 g/mol. The fourth-order valence-electron chi connectivity index (χ4n) is 6.03. The fraction of sp³-hybridized carbons (Fsp3) is 0.778. The number of unbranched alkanes of at least 4 members (excludes halogenated alkanes) is 1. The van der Waals surface area contributed by atoms with Gasteiger partial charge in [-0.25, -0.2) is 0 Å². The molecule has 0 aliphatic carbocycles. The number of hydrogen-bond acceptors (Lipinski definition) is 4. The topological polar surface area (TPSA) is 36.9 Å². The summed E-state index contributed by atoms with van der Waals surface area (Å²) in [6.07, 6.45) is 22.8. The minimum atomic E-state index is -1.80. The predicted molar refractivity (Wildman–Crippen MR) is 188 cm³/mol. The molecule has 0 aromatic carbocycles. The van der Waals surface area contributed by atoms with Gasteiger partial charge in [-0.15, -0.1) is 0 Å². The molecule has 1 fully saturated rings. The van der Waals surface area contributed by atoms with Crippen LogP contribution in [0.4, 0.5) is 0 Å². The van der Waals surface area contributed by atoms with Crippen LogP contribution in [0, 0.1) is 0 Å². The lowest BCUT2D eigenvalue weighted by molar-refractivity contribution is -0.289. The number of allylic oxidation sites excluding steroid dienone is 5. The Kier molecular flexibility index (Phi) is 16.5. The Bertz CT molecular complexity index is 856. The standard InChI is InChI=1S/C36H68O4Si2/c1-29(2)42(30(3)4,31(5)6)40-32(7)24-20-16-15-17-21-25-33-28-34(39-36(11,12)38-33)26-22-18-19-23-27-37-41(13,14)35(8,9)10/h15,17-19,21-23,25,29-34H,16,20,24,26-28H2,1-14H3/b17-15+,22-18-,23-19+,25-21+/t32-,33+,34+/m1/s1. The first-order valence-corrected chi connectivity index (χ1v) is 21.7. The van der Waals surface area contributed by atoms with E-state index >= 15 is 0 Å². The van der Waals surface area contributed by atoms with Crippen molar-refractivity contribution in [2.45, 2.75) is 174 Å². The highest BCUT2D eigenvalue weighted by Crippen LogP contribution is 2.43. The maximum atomic E-state index is 6.89. The maximum absolute atomic E-state index is 6.89. The number of ether oxygens (including phenoxy) is 2. The van der Waals surface area contributed by atoms with Gasteiger partial charge in [0.15, 0.2) is 14.1 Å². The van der Waals surface area contributed by atoms with Crippen LogP contribution >= 0.6 is 0 Å². The van der Waals surface area contributed by atoms with Gasteiger partial charge in [0, 0.05) is 12.5 Å². The van der Waals surface area contributed by atoms with Gasteiger partial charge in [0.2, 0.25) is 8.32 Å². The number of hydrogen-bond donors (Lipinski definition) is 0. The van der Waals surface area contributed by atoms with E-state index in [1.54, 1.807) is 0 Å². The van der Waals surface area contributed by atoms with Crippen LogP contribution < -0.4 is 0 Å². The first-order chi connectivity index (χ1) is 19.3. The van der Waals surface area contributed by atoms with E-state index in [0.29, 0.717) is 29.3 Å². The largest absolute Gasteiger partial charge is 0.413 e. The zero-order chi connectivity index (χ0) is 32.2. The van der Waals surface area contributed by atoms with Crippen molar-refractivity contribution in [2.75, 3.05) is 6.61 Å². The highest BCUT2D eigenvalue weighted by Gasteiger charge is 2.46. The average Bonchev–Trinajstić information content (AvgIpc) is 2.83. The van der Waals surface area contributed by atoms with Crippen LogP contribution in [0.2, 0.25) is 34.8 Å². The third kappa shape index (κ3) is 13.1. The Balaban J connectivity index is 2.49. The van der Waals surface area contributed by atoms with Crippen LogP contribution in [-0.4, -0.2) is 47.3 Å². The Labute approximate surface area is 263 Å². The second-order valence-corrected chi connectivity index (χ2v) is 25.4. The highest BCUT2D eigenvalue weighted by molar-refractivity contribution is 6.77. The van der Waals surface area contributed by atoms with Gasteiger partial charge < -0.3 is 18.3 Å². The summed E-state index contributed by atoms with van der Waals surface area (Å²) in [5, 5.41) is 0.238. The maximum Gasteiger partial charge on any atom is 0.200 e. The molecule has 1 rings (SSSR count). The van der Waals surface area contributed by atoms with Crippen molar-refractivity contribution < 1.29 is 18.3 Å². The minimum Gasteiger partial charge on any atom is -0.413 e. The van der Waals surface area contributed by atoms with Gasteiger partial charge in [0.05, 0.1) is 18.8 Å². The van der Waals surface area contributed by atoms with Gasteiger partial charge in [-0.1, -0.05) is 111 Å². The zero-order valence-electron chi connectivity index (χ0n) is 30.0. The van der Waals surface area contributed by atoms with Gasteiger partial charge in [-0.2, -0.15) is 0 Å². The molecule has 6 heteroatoms. The van der Waals surface area contributed by atoms with Crippen molar-refractivity contribution in [3.05, 3.63) is 48.6 Å². The first kappa shape index (κ1) is 39.3. The Morgan fingerprint density at radius 2 is 1.40 bits per heavy atom. The molecular formula is C36H68O4Si2. The fourth-order valence-corrected chi connectivity index (χ4v) is 12.6. The minimum absolute atomic E-state index is 0.0555. The highest BCUT2D eigenvalue weighted by atomic mass is 28.4. The summed E-state index contributed by atoms with van der Waals surface area (Å²) in [4.78, 5) is 0.